The molecule has 130 valence electrons. The Morgan fingerprint density at radius 1 is 1.24 bits per heavy atom. The van der Waals surface area contributed by atoms with Gasteiger partial charge in [-0.25, -0.2) is 0 Å². The summed E-state index contributed by atoms with van der Waals surface area (Å²) in [6.07, 6.45) is 3.60. The monoisotopic (exact) mass is 339 g/mol. The van der Waals surface area contributed by atoms with E-state index < -0.39 is 0 Å². The summed E-state index contributed by atoms with van der Waals surface area (Å²) in [7, 11) is 1.63. The molecule has 3 rings (SSSR count). The first-order chi connectivity index (χ1) is 12.2. The van der Waals surface area contributed by atoms with E-state index in [4.69, 9.17) is 4.74 Å². The van der Waals surface area contributed by atoms with Gasteiger partial charge in [0.2, 0.25) is 0 Å². The summed E-state index contributed by atoms with van der Waals surface area (Å²) in [6, 6.07) is 9.46. The number of nitrogens with one attached hydrogen (secondary N) is 3. The number of aromatic nitrogens is 4. The van der Waals surface area contributed by atoms with Crippen molar-refractivity contribution in [1.82, 2.24) is 25.7 Å². The average molecular weight is 339 g/mol. The highest BCUT2D eigenvalue weighted by Gasteiger charge is 2.13. The Hall–Kier alpha value is -3.09. The van der Waals surface area contributed by atoms with Crippen LogP contribution in [0.5, 0.6) is 5.75 Å². The topological polar surface area (TPSA) is 95.7 Å². The molecular weight excluding hydrogens is 318 g/mol. The third-order valence-corrected chi connectivity index (χ3v) is 3.92. The van der Waals surface area contributed by atoms with Crippen molar-refractivity contribution in [2.45, 2.75) is 26.3 Å². The number of amides is 1. The maximum absolute atomic E-state index is 12.2. The van der Waals surface area contributed by atoms with Crippen LogP contribution in [0, 0.1) is 0 Å². The van der Waals surface area contributed by atoms with Gasteiger partial charge in [0.25, 0.3) is 5.91 Å². The molecule has 2 aromatic heterocycles. The Kier molecular flexibility index (Phi) is 5.13. The summed E-state index contributed by atoms with van der Waals surface area (Å²) < 4.78 is 5.17. The molecule has 0 fully saturated rings. The van der Waals surface area contributed by atoms with Gasteiger partial charge in [-0.05, 0) is 36.8 Å². The molecular formula is C18H21N5O2. The fraction of sp³-hybridized carbons (Fsp3) is 0.278. The Morgan fingerprint density at radius 3 is 2.76 bits per heavy atom. The zero-order valence-electron chi connectivity index (χ0n) is 14.3. The minimum absolute atomic E-state index is 0.208. The van der Waals surface area contributed by atoms with E-state index in [0.717, 1.165) is 41.1 Å². The van der Waals surface area contributed by atoms with Crippen LogP contribution in [-0.4, -0.2) is 33.4 Å². The fourth-order valence-corrected chi connectivity index (χ4v) is 2.59. The van der Waals surface area contributed by atoms with Crippen LogP contribution in [0.4, 0.5) is 0 Å². The van der Waals surface area contributed by atoms with Crippen molar-refractivity contribution >= 4 is 5.91 Å². The smallest absolute Gasteiger partial charge is 0.272 e. The quantitative estimate of drug-likeness (QED) is 0.617. The lowest BCUT2D eigenvalue weighted by molar-refractivity contribution is 0.0946. The molecule has 0 saturated carbocycles. The van der Waals surface area contributed by atoms with Crippen LogP contribution in [0.3, 0.4) is 0 Å². The summed E-state index contributed by atoms with van der Waals surface area (Å²) >= 11 is 0. The largest absolute Gasteiger partial charge is 0.497 e. The zero-order valence-corrected chi connectivity index (χ0v) is 14.3. The van der Waals surface area contributed by atoms with Crippen molar-refractivity contribution in [1.29, 1.82) is 0 Å². The number of hydrogen-bond acceptors (Lipinski definition) is 4. The zero-order chi connectivity index (χ0) is 17.6. The van der Waals surface area contributed by atoms with Crippen LogP contribution >= 0.6 is 0 Å². The van der Waals surface area contributed by atoms with Crippen LogP contribution < -0.4 is 10.1 Å². The number of ether oxygens (including phenoxy) is 1. The molecule has 0 radical (unpaired) electrons. The van der Waals surface area contributed by atoms with Crippen LogP contribution in [0.15, 0.2) is 36.5 Å². The molecule has 0 atom stereocenters. The Labute approximate surface area is 145 Å². The normalized spacial score (nSPS) is 10.6. The van der Waals surface area contributed by atoms with E-state index in [2.05, 4.69) is 32.6 Å². The molecule has 1 aromatic carbocycles. The molecule has 0 aliphatic rings. The number of nitrogens with zero attached hydrogens (tertiary/aromatic N) is 2. The van der Waals surface area contributed by atoms with E-state index in [1.165, 1.54) is 0 Å². The second-order valence-electron chi connectivity index (χ2n) is 5.71. The second kappa shape index (κ2) is 7.65. The van der Waals surface area contributed by atoms with Gasteiger partial charge in [0, 0.05) is 23.4 Å². The highest BCUT2D eigenvalue weighted by Crippen LogP contribution is 2.23. The van der Waals surface area contributed by atoms with E-state index in [0.29, 0.717) is 12.2 Å². The minimum atomic E-state index is -0.208. The van der Waals surface area contributed by atoms with E-state index in [9.17, 15) is 4.79 Å². The number of carbonyl (C=O) groups excluding carboxylic acids is 1. The van der Waals surface area contributed by atoms with Crippen molar-refractivity contribution in [2.24, 2.45) is 0 Å². The van der Waals surface area contributed by atoms with Crippen molar-refractivity contribution in [3.8, 4) is 17.0 Å². The average Bonchev–Trinajstić information content (AvgIpc) is 3.29. The first kappa shape index (κ1) is 16.8. The van der Waals surface area contributed by atoms with Crippen LogP contribution in [-0.2, 0) is 13.0 Å². The Balaban J connectivity index is 1.67. The van der Waals surface area contributed by atoms with Gasteiger partial charge in [-0.3, -0.25) is 15.0 Å². The number of aryl methyl sites for hydroxylation is 1. The van der Waals surface area contributed by atoms with Gasteiger partial charge in [0.05, 0.1) is 19.0 Å². The molecule has 1 amide bonds. The Morgan fingerprint density at radius 2 is 2.04 bits per heavy atom. The second-order valence-corrected chi connectivity index (χ2v) is 5.71. The number of aromatic amines is 2. The number of benzene rings is 1. The van der Waals surface area contributed by atoms with Crippen LogP contribution in [0.2, 0.25) is 0 Å². The number of methoxy groups -OCH3 is 1. The summed E-state index contributed by atoms with van der Waals surface area (Å²) in [5.74, 6) is 0.583. The lowest BCUT2D eigenvalue weighted by Gasteiger charge is -2.06. The number of hydrogen-bond donors (Lipinski definition) is 3. The minimum Gasteiger partial charge on any atom is -0.497 e. The summed E-state index contributed by atoms with van der Waals surface area (Å²) in [4.78, 5) is 12.2. The van der Waals surface area contributed by atoms with Crippen molar-refractivity contribution in [2.75, 3.05) is 7.11 Å². The lowest BCUT2D eigenvalue weighted by atomic mass is 10.1. The third kappa shape index (κ3) is 3.88. The maximum Gasteiger partial charge on any atom is 0.272 e. The maximum atomic E-state index is 12.2. The lowest BCUT2D eigenvalue weighted by Crippen LogP contribution is -2.23. The van der Waals surface area contributed by atoms with Gasteiger partial charge in [0.1, 0.15) is 11.4 Å². The van der Waals surface area contributed by atoms with Gasteiger partial charge < -0.3 is 10.1 Å². The van der Waals surface area contributed by atoms with Crippen molar-refractivity contribution in [3.05, 3.63) is 53.5 Å². The first-order valence-electron chi connectivity index (χ1n) is 8.20. The molecule has 0 unspecified atom stereocenters. The fourth-order valence-electron chi connectivity index (χ4n) is 2.59. The predicted molar refractivity (Wildman–Crippen MR) is 94.3 cm³/mol. The number of H-pyrrole nitrogens is 2. The Bertz CT molecular complexity index is 835. The van der Waals surface area contributed by atoms with Crippen molar-refractivity contribution < 1.29 is 9.53 Å². The molecule has 0 bridgehead atoms. The first-order valence-corrected chi connectivity index (χ1v) is 8.20. The molecule has 0 aliphatic heterocycles. The SMILES string of the molecule is CCCc1cc(C(=O)NCc2cn[nH]c2-c2ccc(OC)cc2)n[nH]1. The molecule has 2 heterocycles. The van der Waals surface area contributed by atoms with E-state index in [1.54, 1.807) is 19.4 Å². The molecule has 0 spiro atoms. The van der Waals surface area contributed by atoms with E-state index in [1.807, 2.05) is 24.3 Å². The highest BCUT2D eigenvalue weighted by molar-refractivity contribution is 5.92. The summed E-state index contributed by atoms with van der Waals surface area (Å²) in [6.45, 7) is 2.45. The molecule has 7 nitrogen and oxygen atoms in total. The summed E-state index contributed by atoms with van der Waals surface area (Å²) in [5.41, 5.74) is 4.12. The molecule has 3 aromatic rings. The molecule has 25 heavy (non-hydrogen) atoms. The van der Waals surface area contributed by atoms with Gasteiger partial charge in [-0.2, -0.15) is 10.2 Å². The van der Waals surface area contributed by atoms with Gasteiger partial charge >= 0.3 is 0 Å². The molecule has 0 saturated heterocycles. The molecule has 0 aliphatic carbocycles. The van der Waals surface area contributed by atoms with E-state index >= 15 is 0 Å². The highest BCUT2D eigenvalue weighted by atomic mass is 16.5. The molecule has 7 heteroatoms. The van der Waals surface area contributed by atoms with Gasteiger partial charge in [-0.1, -0.05) is 13.3 Å². The third-order valence-electron chi connectivity index (χ3n) is 3.92. The molecule has 3 N–H and O–H groups in total. The number of carbonyl (C=O) groups is 1. The van der Waals surface area contributed by atoms with E-state index in [-0.39, 0.29) is 5.91 Å². The van der Waals surface area contributed by atoms with Crippen molar-refractivity contribution in [3.63, 3.8) is 0 Å². The van der Waals surface area contributed by atoms with Crippen LogP contribution in [0.1, 0.15) is 35.1 Å². The number of rotatable bonds is 7. The summed E-state index contributed by atoms with van der Waals surface area (Å²) in [5, 5.41) is 16.9. The van der Waals surface area contributed by atoms with Gasteiger partial charge in [0.15, 0.2) is 0 Å². The van der Waals surface area contributed by atoms with Crippen LogP contribution in [0.25, 0.3) is 11.3 Å². The predicted octanol–water partition coefficient (Wildman–Crippen LogP) is 2.69. The standard InChI is InChI=1S/C18H21N5O2/c1-3-4-14-9-16(22-21-14)18(24)19-10-13-11-20-23-17(13)12-5-7-15(25-2)8-6-12/h5-9,11H,3-4,10H2,1-2H3,(H,19,24)(H,20,23)(H,21,22). The van der Waals surface area contributed by atoms with Gasteiger partial charge in [-0.15, -0.1) is 0 Å².